The molecule has 0 amide bonds. The molecule has 1 fully saturated rings. The Labute approximate surface area is 107 Å². The van der Waals surface area contributed by atoms with Crippen LogP contribution in [0.5, 0.6) is 0 Å². The zero-order chi connectivity index (χ0) is 13.0. The average Bonchev–Trinajstić information content (AvgIpc) is 2.40. The van der Waals surface area contributed by atoms with Crippen LogP contribution >= 0.6 is 0 Å². The lowest BCUT2D eigenvalue weighted by atomic mass is 9.95. The van der Waals surface area contributed by atoms with Crippen LogP contribution in [-0.2, 0) is 0 Å². The summed E-state index contributed by atoms with van der Waals surface area (Å²) in [4.78, 5) is 2.26. The molecule has 0 spiro atoms. The van der Waals surface area contributed by atoms with E-state index in [-0.39, 0.29) is 18.5 Å². The maximum Gasteiger partial charge on any atom is 0.123 e. The number of aliphatic hydroxyl groups is 1. The van der Waals surface area contributed by atoms with Crippen molar-refractivity contribution in [3.63, 3.8) is 0 Å². The summed E-state index contributed by atoms with van der Waals surface area (Å²) >= 11 is 0. The summed E-state index contributed by atoms with van der Waals surface area (Å²) in [5.41, 5.74) is 6.77. The molecule has 1 aliphatic heterocycles. The largest absolute Gasteiger partial charge is 0.396 e. The Hall–Kier alpha value is -0.970. The standard InChI is InChI=1S/C14H21FN2O/c15-13-5-1-4-12(7-13)14(8-16)17-6-2-3-11(9-17)10-18/h1,4-5,7,11,14,18H,2-3,6,8-10,16H2. The predicted molar refractivity (Wildman–Crippen MR) is 69.6 cm³/mol. The van der Waals surface area contributed by atoms with Gasteiger partial charge >= 0.3 is 0 Å². The number of piperidine rings is 1. The zero-order valence-electron chi connectivity index (χ0n) is 10.6. The van der Waals surface area contributed by atoms with Crippen LogP contribution in [0.1, 0.15) is 24.4 Å². The van der Waals surface area contributed by atoms with Crippen molar-refractivity contribution in [1.29, 1.82) is 0 Å². The van der Waals surface area contributed by atoms with Crippen molar-refractivity contribution in [1.82, 2.24) is 4.90 Å². The lowest BCUT2D eigenvalue weighted by molar-refractivity contribution is 0.0900. The fourth-order valence-electron chi connectivity index (χ4n) is 2.74. The van der Waals surface area contributed by atoms with Crippen LogP contribution in [0.2, 0.25) is 0 Å². The van der Waals surface area contributed by atoms with Crippen LogP contribution in [0.3, 0.4) is 0 Å². The van der Waals surface area contributed by atoms with Gasteiger partial charge in [-0.25, -0.2) is 4.39 Å². The molecule has 0 aromatic heterocycles. The molecule has 0 aliphatic carbocycles. The Bertz CT molecular complexity index is 386. The molecule has 1 heterocycles. The molecule has 4 heteroatoms. The van der Waals surface area contributed by atoms with E-state index in [0.717, 1.165) is 31.5 Å². The van der Waals surface area contributed by atoms with Crippen LogP contribution in [0.15, 0.2) is 24.3 Å². The Kier molecular flexibility index (Phi) is 4.69. The molecule has 0 radical (unpaired) electrons. The van der Waals surface area contributed by atoms with Crippen LogP contribution in [0, 0.1) is 11.7 Å². The van der Waals surface area contributed by atoms with Gasteiger partial charge in [-0.05, 0) is 43.0 Å². The van der Waals surface area contributed by atoms with Crippen LogP contribution in [0.25, 0.3) is 0 Å². The van der Waals surface area contributed by atoms with Crippen molar-refractivity contribution < 1.29 is 9.50 Å². The van der Waals surface area contributed by atoms with Crippen molar-refractivity contribution in [3.05, 3.63) is 35.6 Å². The molecule has 3 N–H and O–H groups in total. The van der Waals surface area contributed by atoms with Crippen molar-refractivity contribution in [2.24, 2.45) is 11.7 Å². The van der Waals surface area contributed by atoms with Gasteiger partial charge in [0.2, 0.25) is 0 Å². The third-order valence-corrected chi connectivity index (χ3v) is 3.71. The second-order valence-corrected chi connectivity index (χ2v) is 4.99. The van der Waals surface area contributed by atoms with Gasteiger partial charge in [0.05, 0.1) is 0 Å². The molecule has 18 heavy (non-hydrogen) atoms. The van der Waals surface area contributed by atoms with Gasteiger partial charge in [0.15, 0.2) is 0 Å². The second kappa shape index (κ2) is 6.27. The Morgan fingerprint density at radius 3 is 3.00 bits per heavy atom. The molecular weight excluding hydrogens is 231 g/mol. The fraction of sp³-hybridized carbons (Fsp3) is 0.571. The highest BCUT2D eigenvalue weighted by Crippen LogP contribution is 2.26. The number of benzene rings is 1. The smallest absolute Gasteiger partial charge is 0.123 e. The number of aliphatic hydroxyl groups excluding tert-OH is 1. The molecule has 2 unspecified atom stereocenters. The summed E-state index contributed by atoms with van der Waals surface area (Å²) in [5, 5.41) is 9.26. The Balaban J connectivity index is 2.12. The van der Waals surface area contributed by atoms with E-state index in [1.807, 2.05) is 6.07 Å². The molecule has 1 aromatic rings. The van der Waals surface area contributed by atoms with E-state index < -0.39 is 0 Å². The van der Waals surface area contributed by atoms with Gasteiger partial charge in [-0.1, -0.05) is 12.1 Å². The maximum atomic E-state index is 13.3. The summed E-state index contributed by atoms with van der Waals surface area (Å²) in [7, 11) is 0. The lowest BCUT2D eigenvalue weighted by Crippen LogP contribution is -2.42. The van der Waals surface area contributed by atoms with Gasteiger partial charge in [-0.2, -0.15) is 0 Å². The first kappa shape index (κ1) is 13.5. The van der Waals surface area contributed by atoms with Gasteiger partial charge in [-0.3, -0.25) is 4.90 Å². The van der Waals surface area contributed by atoms with Gasteiger partial charge in [0.25, 0.3) is 0 Å². The SMILES string of the molecule is NCC(c1cccc(F)c1)N1CCCC(CO)C1. The molecule has 1 aliphatic rings. The van der Waals surface area contributed by atoms with Gasteiger partial charge in [0, 0.05) is 25.7 Å². The summed E-state index contributed by atoms with van der Waals surface area (Å²) in [6, 6.07) is 6.70. The zero-order valence-corrected chi connectivity index (χ0v) is 10.6. The van der Waals surface area contributed by atoms with E-state index in [9.17, 15) is 9.50 Å². The fourth-order valence-corrected chi connectivity index (χ4v) is 2.74. The lowest BCUT2D eigenvalue weighted by Gasteiger charge is -2.37. The van der Waals surface area contributed by atoms with Crippen LogP contribution in [-0.4, -0.2) is 36.2 Å². The molecule has 0 bridgehead atoms. The maximum absolute atomic E-state index is 13.3. The van der Waals surface area contributed by atoms with Crippen molar-refractivity contribution >= 4 is 0 Å². The Morgan fingerprint density at radius 2 is 2.33 bits per heavy atom. The minimum atomic E-state index is -0.221. The molecule has 2 atom stereocenters. The molecular formula is C14H21FN2O. The predicted octanol–water partition coefficient (Wildman–Crippen LogP) is 1.53. The molecule has 2 rings (SSSR count). The minimum Gasteiger partial charge on any atom is -0.396 e. The van der Waals surface area contributed by atoms with Gasteiger partial charge < -0.3 is 10.8 Å². The van der Waals surface area contributed by atoms with Gasteiger partial charge in [0.1, 0.15) is 5.82 Å². The molecule has 1 aromatic carbocycles. The highest BCUT2D eigenvalue weighted by Gasteiger charge is 2.25. The third kappa shape index (κ3) is 3.07. The number of nitrogens with zero attached hydrogens (tertiary/aromatic N) is 1. The molecule has 3 nitrogen and oxygen atoms in total. The quantitative estimate of drug-likeness (QED) is 0.854. The first-order chi connectivity index (χ1) is 8.74. The summed E-state index contributed by atoms with van der Waals surface area (Å²) < 4.78 is 13.3. The van der Waals surface area contributed by atoms with E-state index in [0.29, 0.717) is 12.5 Å². The average molecular weight is 252 g/mol. The third-order valence-electron chi connectivity index (χ3n) is 3.71. The molecule has 1 saturated heterocycles. The summed E-state index contributed by atoms with van der Waals surface area (Å²) in [6.07, 6.45) is 2.13. The number of likely N-dealkylation sites (tertiary alicyclic amines) is 1. The summed E-state index contributed by atoms with van der Waals surface area (Å²) in [5.74, 6) is 0.100. The highest BCUT2D eigenvalue weighted by atomic mass is 19.1. The number of hydrogen-bond acceptors (Lipinski definition) is 3. The van der Waals surface area contributed by atoms with Crippen molar-refractivity contribution in [2.45, 2.75) is 18.9 Å². The molecule has 100 valence electrons. The van der Waals surface area contributed by atoms with E-state index >= 15 is 0 Å². The van der Waals surface area contributed by atoms with E-state index in [1.54, 1.807) is 12.1 Å². The number of nitrogens with two attached hydrogens (primary N) is 1. The second-order valence-electron chi connectivity index (χ2n) is 4.99. The summed E-state index contributed by atoms with van der Waals surface area (Å²) in [6.45, 7) is 2.50. The molecule has 0 saturated carbocycles. The number of halogens is 1. The first-order valence-electron chi connectivity index (χ1n) is 6.55. The van der Waals surface area contributed by atoms with E-state index in [4.69, 9.17) is 5.73 Å². The van der Waals surface area contributed by atoms with Crippen molar-refractivity contribution in [3.8, 4) is 0 Å². The van der Waals surface area contributed by atoms with E-state index in [1.165, 1.54) is 6.07 Å². The first-order valence-corrected chi connectivity index (χ1v) is 6.55. The topological polar surface area (TPSA) is 49.5 Å². The Morgan fingerprint density at radius 1 is 1.50 bits per heavy atom. The minimum absolute atomic E-state index is 0.0510. The van der Waals surface area contributed by atoms with Gasteiger partial charge in [-0.15, -0.1) is 0 Å². The normalized spacial score (nSPS) is 22.9. The highest BCUT2D eigenvalue weighted by molar-refractivity contribution is 5.20. The number of rotatable bonds is 4. The monoisotopic (exact) mass is 252 g/mol. The van der Waals surface area contributed by atoms with E-state index in [2.05, 4.69) is 4.90 Å². The van der Waals surface area contributed by atoms with Crippen LogP contribution < -0.4 is 5.73 Å². The van der Waals surface area contributed by atoms with Crippen molar-refractivity contribution in [2.75, 3.05) is 26.2 Å². The number of hydrogen-bond donors (Lipinski definition) is 2. The van der Waals surface area contributed by atoms with Crippen LogP contribution in [0.4, 0.5) is 4.39 Å².